The molecular formula is C14H17NO. The van der Waals surface area contributed by atoms with Crippen LogP contribution in [0.4, 0.5) is 0 Å². The van der Waals surface area contributed by atoms with Crippen molar-refractivity contribution in [2.75, 3.05) is 0 Å². The highest BCUT2D eigenvalue weighted by atomic mass is 16.1. The number of nitrogens with zero attached hydrogens (tertiary/aromatic N) is 1. The van der Waals surface area contributed by atoms with Gasteiger partial charge in [0.05, 0.1) is 5.52 Å². The van der Waals surface area contributed by atoms with Gasteiger partial charge < -0.3 is 4.57 Å². The van der Waals surface area contributed by atoms with Gasteiger partial charge in [0, 0.05) is 23.7 Å². The molecule has 0 radical (unpaired) electrons. The number of carbonyl (C=O) groups excluding carboxylic acids is 1. The van der Waals surface area contributed by atoms with Gasteiger partial charge in [0.15, 0.2) is 6.29 Å². The number of hydrogen-bond donors (Lipinski definition) is 0. The molecule has 1 heterocycles. The van der Waals surface area contributed by atoms with Gasteiger partial charge in [-0.1, -0.05) is 26.0 Å². The molecule has 1 aromatic carbocycles. The summed E-state index contributed by atoms with van der Waals surface area (Å²) in [6.07, 6.45) is 4.14. The van der Waals surface area contributed by atoms with Gasteiger partial charge in [-0.15, -0.1) is 0 Å². The Kier molecular flexibility index (Phi) is 3.09. The average molecular weight is 215 g/mol. The predicted molar refractivity (Wildman–Crippen MR) is 66.8 cm³/mol. The molecule has 16 heavy (non-hydrogen) atoms. The maximum Gasteiger partial charge on any atom is 0.152 e. The zero-order valence-electron chi connectivity index (χ0n) is 9.81. The summed E-state index contributed by atoms with van der Waals surface area (Å²) in [5.74, 6) is 0.681. The Bertz CT molecular complexity index is 496. The number of para-hydroxylation sites is 1. The Balaban J connectivity index is 2.41. The zero-order valence-corrected chi connectivity index (χ0v) is 9.81. The number of rotatable bonds is 4. The molecule has 0 saturated heterocycles. The van der Waals surface area contributed by atoms with Gasteiger partial charge in [-0.05, 0) is 24.5 Å². The van der Waals surface area contributed by atoms with E-state index >= 15 is 0 Å². The third-order valence-electron chi connectivity index (χ3n) is 2.89. The molecule has 1 aromatic heterocycles. The monoisotopic (exact) mass is 215 g/mol. The van der Waals surface area contributed by atoms with E-state index in [0.717, 1.165) is 35.7 Å². The lowest BCUT2D eigenvalue weighted by Gasteiger charge is -2.08. The second kappa shape index (κ2) is 4.52. The molecule has 2 rings (SSSR count). The Morgan fingerprint density at radius 3 is 2.81 bits per heavy atom. The first-order chi connectivity index (χ1) is 7.72. The summed E-state index contributed by atoms with van der Waals surface area (Å²) in [6.45, 7) is 5.41. The number of carbonyl (C=O) groups is 1. The van der Waals surface area contributed by atoms with Crippen molar-refractivity contribution in [3.8, 4) is 0 Å². The van der Waals surface area contributed by atoms with Gasteiger partial charge in [-0.25, -0.2) is 0 Å². The lowest BCUT2D eigenvalue weighted by molar-refractivity contribution is 0.112. The number of hydrogen-bond acceptors (Lipinski definition) is 1. The lowest BCUT2D eigenvalue weighted by atomic mass is 10.1. The number of aldehydes is 1. The molecule has 2 nitrogen and oxygen atoms in total. The van der Waals surface area contributed by atoms with Gasteiger partial charge in [-0.2, -0.15) is 0 Å². The first-order valence-corrected chi connectivity index (χ1v) is 5.75. The van der Waals surface area contributed by atoms with Crippen molar-refractivity contribution in [1.29, 1.82) is 0 Å². The Morgan fingerprint density at radius 2 is 2.12 bits per heavy atom. The van der Waals surface area contributed by atoms with E-state index in [-0.39, 0.29) is 0 Å². The number of fused-ring (bicyclic) bond motifs is 1. The van der Waals surface area contributed by atoms with Crippen LogP contribution in [-0.2, 0) is 6.54 Å². The number of aryl methyl sites for hydroxylation is 1. The van der Waals surface area contributed by atoms with Crippen LogP contribution in [0.2, 0.25) is 0 Å². The quantitative estimate of drug-likeness (QED) is 0.715. The van der Waals surface area contributed by atoms with E-state index in [1.807, 2.05) is 18.2 Å². The second-order valence-electron chi connectivity index (χ2n) is 4.59. The van der Waals surface area contributed by atoms with Gasteiger partial charge >= 0.3 is 0 Å². The predicted octanol–water partition coefficient (Wildman–Crippen LogP) is 3.50. The highest BCUT2D eigenvalue weighted by Crippen LogP contribution is 2.20. The SMILES string of the molecule is CC(C)CCn1ccc2cccc(C=O)c21. The number of aromatic nitrogens is 1. The van der Waals surface area contributed by atoms with Crippen LogP contribution in [0.25, 0.3) is 10.9 Å². The lowest BCUT2D eigenvalue weighted by Crippen LogP contribution is -2.01. The molecule has 0 aliphatic rings. The van der Waals surface area contributed by atoms with E-state index in [0.29, 0.717) is 5.92 Å². The number of benzene rings is 1. The van der Waals surface area contributed by atoms with E-state index in [1.165, 1.54) is 0 Å². The van der Waals surface area contributed by atoms with Crippen molar-refractivity contribution in [3.05, 3.63) is 36.0 Å². The highest BCUT2D eigenvalue weighted by Gasteiger charge is 2.06. The Hall–Kier alpha value is -1.57. The third-order valence-corrected chi connectivity index (χ3v) is 2.89. The third kappa shape index (κ3) is 2.01. The average Bonchev–Trinajstić information content (AvgIpc) is 2.69. The van der Waals surface area contributed by atoms with E-state index in [2.05, 4.69) is 30.7 Å². The van der Waals surface area contributed by atoms with Gasteiger partial charge in [0.2, 0.25) is 0 Å². The van der Waals surface area contributed by atoms with Crippen LogP contribution in [-0.4, -0.2) is 10.9 Å². The molecule has 0 spiro atoms. The minimum absolute atomic E-state index is 0.681. The minimum atomic E-state index is 0.681. The van der Waals surface area contributed by atoms with Gasteiger partial charge in [0.1, 0.15) is 0 Å². The fourth-order valence-corrected chi connectivity index (χ4v) is 1.97. The van der Waals surface area contributed by atoms with Crippen LogP contribution in [0.15, 0.2) is 30.5 Å². The van der Waals surface area contributed by atoms with Crippen LogP contribution in [0.5, 0.6) is 0 Å². The Morgan fingerprint density at radius 1 is 1.31 bits per heavy atom. The summed E-state index contributed by atoms with van der Waals surface area (Å²) in [4.78, 5) is 11.0. The summed E-state index contributed by atoms with van der Waals surface area (Å²) in [5, 5.41) is 1.15. The van der Waals surface area contributed by atoms with E-state index < -0.39 is 0 Å². The van der Waals surface area contributed by atoms with Crippen molar-refractivity contribution in [2.24, 2.45) is 5.92 Å². The molecule has 84 valence electrons. The first kappa shape index (κ1) is 10.9. The topological polar surface area (TPSA) is 22.0 Å². The molecule has 0 aliphatic carbocycles. The standard InChI is InChI=1S/C14H17NO/c1-11(2)6-8-15-9-7-12-4-3-5-13(10-16)14(12)15/h3-5,7,9-11H,6,8H2,1-2H3. The second-order valence-corrected chi connectivity index (χ2v) is 4.59. The van der Waals surface area contributed by atoms with Crippen LogP contribution in [0.3, 0.4) is 0 Å². The fourth-order valence-electron chi connectivity index (χ4n) is 1.97. The molecule has 0 bridgehead atoms. The summed E-state index contributed by atoms with van der Waals surface area (Å²) in [7, 11) is 0. The molecule has 0 aliphatic heterocycles. The maximum atomic E-state index is 11.0. The summed E-state index contributed by atoms with van der Waals surface area (Å²) in [5.41, 5.74) is 1.85. The summed E-state index contributed by atoms with van der Waals surface area (Å²) >= 11 is 0. The van der Waals surface area contributed by atoms with Crippen molar-refractivity contribution in [1.82, 2.24) is 4.57 Å². The smallest absolute Gasteiger partial charge is 0.152 e. The largest absolute Gasteiger partial charge is 0.347 e. The summed E-state index contributed by atoms with van der Waals surface area (Å²) in [6, 6.07) is 7.93. The van der Waals surface area contributed by atoms with Crippen LogP contribution >= 0.6 is 0 Å². The van der Waals surface area contributed by atoms with E-state index in [1.54, 1.807) is 0 Å². The molecule has 0 amide bonds. The molecule has 0 N–H and O–H groups in total. The first-order valence-electron chi connectivity index (χ1n) is 5.75. The normalized spacial score (nSPS) is 11.2. The van der Waals surface area contributed by atoms with E-state index in [9.17, 15) is 4.79 Å². The highest BCUT2D eigenvalue weighted by molar-refractivity contribution is 5.96. The molecule has 0 atom stereocenters. The van der Waals surface area contributed by atoms with Crippen molar-refractivity contribution >= 4 is 17.2 Å². The van der Waals surface area contributed by atoms with Crippen molar-refractivity contribution in [3.63, 3.8) is 0 Å². The molecular weight excluding hydrogens is 198 g/mol. The molecule has 0 unspecified atom stereocenters. The molecule has 0 fully saturated rings. The van der Waals surface area contributed by atoms with E-state index in [4.69, 9.17) is 0 Å². The van der Waals surface area contributed by atoms with Crippen LogP contribution in [0.1, 0.15) is 30.6 Å². The molecule has 2 aromatic rings. The van der Waals surface area contributed by atoms with Gasteiger partial charge in [-0.3, -0.25) is 4.79 Å². The van der Waals surface area contributed by atoms with Crippen LogP contribution in [0, 0.1) is 5.92 Å². The van der Waals surface area contributed by atoms with Gasteiger partial charge in [0.25, 0.3) is 0 Å². The van der Waals surface area contributed by atoms with Crippen LogP contribution < -0.4 is 0 Å². The van der Waals surface area contributed by atoms with Crippen molar-refractivity contribution < 1.29 is 4.79 Å². The molecule has 0 saturated carbocycles. The maximum absolute atomic E-state index is 11.0. The Labute approximate surface area is 95.9 Å². The zero-order chi connectivity index (χ0) is 11.5. The fraction of sp³-hybridized carbons (Fsp3) is 0.357. The molecule has 2 heteroatoms. The minimum Gasteiger partial charge on any atom is -0.347 e. The van der Waals surface area contributed by atoms with Crippen molar-refractivity contribution in [2.45, 2.75) is 26.8 Å². The summed E-state index contributed by atoms with van der Waals surface area (Å²) < 4.78 is 2.18.